The van der Waals surface area contributed by atoms with Crippen LogP contribution in [0.3, 0.4) is 0 Å². The molecular formula is C17H26N4O3S. The Bertz CT molecular complexity index is 767. The number of amides is 1. The van der Waals surface area contributed by atoms with Crippen molar-refractivity contribution in [1.29, 1.82) is 0 Å². The number of nitrogens with zero attached hydrogens (tertiary/aromatic N) is 3. The Morgan fingerprint density at radius 3 is 2.88 bits per heavy atom. The van der Waals surface area contributed by atoms with E-state index in [0.29, 0.717) is 12.5 Å². The maximum absolute atomic E-state index is 12.0. The van der Waals surface area contributed by atoms with Crippen LogP contribution in [0.15, 0.2) is 17.6 Å². The summed E-state index contributed by atoms with van der Waals surface area (Å²) in [5.41, 5.74) is 2.03. The Balaban J connectivity index is 1.49. The molecule has 2 aliphatic heterocycles. The number of nitrogens with one attached hydrogen (secondary N) is 1. The monoisotopic (exact) mass is 366 g/mol. The molecule has 3 rings (SSSR count). The molecule has 0 saturated heterocycles. The fourth-order valence-corrected chi connectivity index (χ4v) is 4.80. The Hall–Kier alpha value is -1.67. The minimum absolute atomic E-state index is 0.0326. The Morgan fingerprint density at radius 1 is 1.40 bits per heavy atom. The molecule has 3 heterocycles. The lowest BCUT2D eigenvalue weighted by molar-refractivity contribution is -0.121. The van der Waals surface area contributed by atoms with Crippen molar-refractivity contribution in [1.82, 2.24) is 20.0 Å². The molecule has 1 aromatic rings. The molecule has 2 aliphatic rings. The van der Waals surface area contributed by atoms with Crippen LogP contribution in [0.25, 0.3) is 0 Å². The van der Waals surface area contributed by atoms with Gasteiger partial charge in [0.15, 0.2) is 9.84 Å². The van der Waals surface area contributed by atoms with Crippen LogP contribution in [0.5, 0.6) is 0 Å². The summed E-state index contributed by atoms with van der Waals surface area (Å²) in [7, 11) is -3.11. The predicted octanol–water partition coefficient (Wildman–Crippen LogP) is 0.919. The first-order valence-electron chi connectivity index (χ1n) is 8.76. The van der Waals surface area contributed by atoms with E-state index in [1.807, 2.05) is 10.7 Å². The van der Waals surface area contributed by atoms with E-state index in [9.17, 15) is 13.2 Å². The number of sulfone groups is 1. The SMILES string of the molecule is CC(C)CN1CCn2nc(CNC(=O)CC3C=CS(=O)(=O)C3)cc2C1. The van der Waals surface area contributed by atoms with E-state index in [2.05, 4.69) is 29.2 Å². The van der Waals surface area contributed by atoms with Crippen molar-refractivity contribution < 1.29 is 13.2 Å². The predicted molar refractivity (Wildman–Crippen MR) is 95.2 cm³/mol. The second-order valence-corrected chi connectivity index (χ2v) is 9.31. The first-order valence-corrected chi connectivity index (χ1v) is 10.5. The molecule has 25 heavy (non-hydrogen) atoms. The van der Waals surface area contributed by atoms with Gasteiger partial charge >= 0.3 is 0 Å². The van der Waals surface area contributed by atoms with Gasteiger partial charge in [0, 0.05) is 37.4 Å². The molecule has 1 N–H and O–H groups in total. The van der Waals surface area contributed by atoms with E-state index < -0.39 is 9.84 Å². The average molecular weight is 366 g/mol. The zero-order valence-corrected chi connectivity index (χ0v) is 15.6. The third kappa shape index (κ3) is 4.92. The third-order valence-corrected chi connectivity index (χ3v) is 5.93. The molecule has 1 unspecified atom stereocenters. The van der Waals surface area contributed by atoms with Crippen molar-refractivity contribution in [3.63, 3.8) is 0 Å². The van der Waals surface area contributed by atoms with Gasteiger partial charge in [0.1, 0.15) is 0 Å². The largest absolute Gasteiger partial charge is 0.350 e. The molecule has 7 nitrogen and oxygen atoms in total. The number of hydrogen-bond donors (Lipinski definition) is 1. The van der Waals surface area contributed by atoms with Crippen molar-refractivity contribution in [2.24, 2.45) is 11.8 Å². The van der Waals surface area contributed by atoms with E-state index in [1.165, 1.54) is 11.1 Å². The molecule has 0 fully saturated rings. The first-order chi connectivity index (χ1) is 11.8. The zero-order chi connectivity index (χ0) is 18.0. The topological polar surface area (TPSA) is 84.3 Å². The molecule has 0 saturated carbocycles. The van der Waals surface area contributed by atoms with Crippen LogP contribution in [0.4, 0.5) is 0 Å². The molecule has 138 valence electrons. The van der Waals surface area contributed by atoms with Gasteiger partial charge in [-0.15, -0.1) is 0 Å². The van der Waals surface area contributed by atoms with Crippen LogP contribution in [-0.4, -0.2) is 47.8 Å². The molecule has 1 aromatic heterocycles. The van der Waals surface area contributed by atoms with Crippen molar-refractivity contribution in [2.75, 3.05) is 18.8 Å². The summed E-state index contributed by atoms with van der Waals surface area (Å²) in [5, 5.41) is 8.61. The van der Waals surface area contributed by atoms with Crippen LogP contribution >= 0.6 is 0 Å². The summed E-state index contributed by atoms with van der Waals surface area (Å²) in [4.78, 5) is 14.4. The molecule has 0 bridgehead atoms. The standard InChI is InChI=1S/C17H26N4O3S/c1-13(2)10-20-4-5-21-16(11-20)8-15(19-21)9-18-17(22)7-14-3-6-25(23,24)12-14/h3,6,8,13-14H,4-5,7,9-12H2,1-2H3,(H,18,22). The number of fused-ring (bicyclic) bond motifs is 1. The molecule has 1 atom stereocenters. The second-order valence-electron chi connectivity index (χ2n) is 7.38. The van der Waals surface area contributed by atoms with Crippen molar-refractivity contribution in [3.8, 4) is 0 Å². The van der Waals surface area contributed by atoms with Crippen molar-refractivity contribution in [2.45, 2.75) is 39.9 Å². The molecule has 8 heteroatoms. The van der Waals surface area contributed by atoms with E-state index >= 15 is 0 Å². The molecule has 0 aromatic carbocycles. The highest BCUT2D eigenvalue weighted by molar-refractivity contribution is 7.94. The molecule has 1 amide bonds. The van der Waals surface area contributed by atoms with Gasteiger partial charge in [0.05, 0.1) is 30.2 Å². The lowest BCUT2D eigenvalue weighted by Gasteiger charge is -2.28. The lowest BCUT2D eigenvalue weighted by atomic mass is 10.1. The fourth-order valence-electron chi connectivity index (χ4n) is 3.41. The maximum atomic E-state index is 12.0. The minimum Gasteiger partial charge on any atom is -0.350 e. The van der Waals surface area contributed by atoms with E-state index in [0.717, 1.165) is 31.9 Å². The summed E-state index contributed by atoms with van der Waals surface area (Å²) < 4.78 is 24.8. The second kappa shape index (κ2) is 7.29. The number of rotatable bonds is 6. The average Bonchev–Trinajstić information content (AvgIpc) is 3.06. The zero-order valence-electron chi connectivity index (χ0n) is 14.8. The molecule has 0 aliphatic carbocycles. The quantitative estimate of drug-likeness (QED) is 0.809. The summed E-state index contributed by atoms with van der Waals surface area (Å²) in [6, 6.07) is 2.05. The highest BCUT2D eigenvalue weighted by atomic mass is 32.2. The third-order valence-electron chi connectivity index (χ3n) is 4.47. The summed E-state index contributed by atoms with van der Waals surface area (Å²) in [6.45, 7) is 8.67. The van der Waals surface area contributed by atoms with Crippen LogP contribution in [-0.2, 0) is 34.3 Å². The smallest absolute Gasteiger partial charge is 0.220 e. The van der Waals surface area contributed by atoms with Gasteiger partial charge in [-0.2, -0.15) is 5.10 Å². The Labute approximate surface area is 149 Å². The highest BCUT2D eigenvalue weighted by Crippen LogP contribution is 2.18. The van der Waals surface area contributed by atoms with Gasteiger partial charge in [0.25, 0.3) is 0 Å². The number of aromatic nitrogens is 2. The minimum atomic E-state index is -3.11. The van der Waals surface area contributed by atoms with Gasteiger partial charge in [-0.05, 0) is 12.0 Å². The normalized spacial score (nSPS) is 22.3. The van der Waals surface area contributed by atoms with E-state index in [4.69, 9.17) is 0 Å². The first kappa shape index (κ1) is 18.1. The summed E-state index contributed by atoms with van der Waals surface area (Å²) >= 11 is 0. The number of hydrogen-bond acceptors (Lipinski definition) is 5. The number of allylic oxidation sites excluding steroid dienone is 1. The molecule has 0 radical (unpaired) electrons. The van der Waals surface area contributed by atoms with Gasteiger partial charge in [-0.1, -0.05) is 19.9 Å². The Kier molecular flexibility index (Phi) is 5.29. The molecular weight excluding hydrogens is 340 g/mol. The maximum Gasteiger partial charge on any atom is 0.220 e. The van der Waals surface area contributed by atoms with E-state index in [1.54, 1.807) is 6.08 Å². The van der Waals surface area contributed by atoms with Crippen LogP contribution < -0.4 is 5.32 Å². The van der Waals surface area contributed by atoms with E-state index in [-0.39, 0.29) is 24.0 Å². The van der Waals surface area contributed by atoms with Crippen molar-refractivity contribution >= 4 is 15.7 Å². The van der Waals surface area contributed by atoms with Gasteiger partial charge < -0.3 is 5.32 Å². The highest BCUT2D eigenvalue weighted by Gasteiger charge is 2.24. The fraction of sp³-hybridized carbons (Fsp3) is 0.647. The van der Waals surface area contributed by atoms with Gasteiger partial charge in [0.2, 0.25) is 5.91 Å². The van der Waals surface area contributed by atoms with Gasteiger partial charge in [-0.25, -0.2) is 8.42 Å². The summed E-state index contributed by atoms with van der Waals surface area (Å²) in [6.07, 6.45) is 1.80. The van der Waals surface area contributed by atoms with Crippen LogP contribution in [0.2, 0.25) is 0 Å². The number of carbonyl (C=O) groups is 1. The van der Waals surface area contributed by atoms with Crippen LogP contribution in [0.1, 0.15) is 31.7 Å². The Morgan fingerprint density at radius 2 is 2.20 bits per heavy atom. The van der Waals surface area contributed by atoms with Gasteiger partial charge in [-0.3, -0.25) is 14.4 Å². The van der Waals surface area contributed by atoms with Crippen LogP contribution in [0, 0.1) is 11.8 Å². The molecule has 0 spiro atoms. The number of carbonyl (C=O) groups excluding carboxylic acids is 1. The lowest BCUT2D eigenvalue weighted by Crippen LogP contribution is -2.36. The summed E-state index contributed by atoms with van der Waals surface area (Å²) in [5.74, 6) is 0.316. The van der Waals surface area contributed by atoms with Crippen molar-refractivity contribution in [3.05, 3.63) is 28.9 Å².